The van der Waals surface area contributed by atoms with E-state index in [0.717, 1.165) is 11.1 Å². The summed E-state index contributed by atoms with van der Waals surface area (Å²) in [7, 11) is 1.77. The van der Waals surface area contributed by atoms with Gasteiger partial charge < -0.3 is 20.9 Å². The molecule has 0 bridgehead atoms. The van der Waals surface area contributed by atoms with Crippen LogP contribution in [0.2, 0.25) is 0 Å². The summed E-state index contributed by atoms with van der Waals surface area (Å²) in [5, 5.41) is 16.2. The Hall–Kier alpha value is -3.72. The Labute approximate surface area is 173 Å². The van der Waals surface area contributed by atoms with Gasteiger partial charge in [0, 0.05) is 30.6 Å². The van der Waals surface area contributed by atoms with E-state index in [0.29, 0.717) is 5.56 Å². The predicted octanol–water partition coefficient (Wildman–Crippen LogP) is 1.85. The molecule has 2 aromatic heterocycles. The van der Waals surface area contributed by atoms with Gasteiger partial charge >= 0.3 is 5.97 Å². The Kier molecular flexibility index (Phi) is 6.43. The number of ether oxygens (including phenoxy) is 1. The zero-order valence-corrected chi connectivity index (χ0v) is 16.6. The van der Waals surface area contributed by atoms with Crippen LogP contribution in [0.4, 0.5) is 5.82 Å². The van der Waals surface area contributed by atoms with Crippen molar-refractivity contribution in [3.05, 3.63) is 66.1 Å². The number of pyridine rings is 1. The molecule has 2 heterocycles. The third-order valence-electron chi connectivity index (χ3n) is 4.58. The number of rotatable bonds is 8. The number of hydrogen-bond acceptors (Lipinski definition) is 6. The normalized spacial score (nSPS) is 12.9. The van der Waals surface area contributed by atoms with Gasteiger partial charge in [-0.3, -0.25) is 9.48 Å². The molecule has 0 saturated heterocycles. The van der Waals surface area contributed by atoms with Gasteiger partial charge in [0.15, 0.2) is 6.04 Å². The van der Waals surface area contributed by atoms with Gasteiger partial charge in [-0.2, -0.15) is 5.10 Å². The Morgan fingerprint density at radius 1 is 1.23 bits per heavy atom. The maximum absolute atomic E-state index is 12.8. The van der Waals surface area contributed by atoms with E-state index < -0.39 is 24.0 Å². The minimum atomic E-state index is -1.26. The zero-order valence-electron chi connectivity index (χ0n) is 16.6. The number of nitrogen functional groups attached to an aromatic ring is 1. The van der Waals surface area contributed by atoms with Crippen molar-refractivity contribution >= 4 is 17.7 Å². The summed E-state index contributed by atoms with van der Waals surface area (Å²) in [4.78, 5) is 28.6. The molecule has 156 valence electrons. The van der Waals surface area contributed by atoms with E-state index in [2.05, 4.69) is 15.4 Å². The molecule has 3 aromatic rings. The van der Waals surface area contributed by atoms with Crippen LogP contribution in [0.25, 0.3) is 11.1 Å². The molecule has 9 nitrogen and oxygen atoms in total. The molecule has 0 aliphatic rings. The second kappa shape index (κ2) is 9.19. The zero-order chi connectivity index (χ0) is 21.7. The summed E-state index contributed by atoms with van der Waals surface area (Å²) in [5.41, 5.74) is 8.25. The van der Waals surface area contributed by atoms with Crippen molar-refractivity contribution in [2.24, 2.45) is 7.05 Å². The average molecular weight is 409 g/mol. The number of aliphatic carboxylic acids is 1. The van der Waals surface area contributed by atoms with E-state index in [1.807, 2.05) is 30.3 Å². The molecule has 3 rings (SSSR count). The second-order valence-electron chi connectivity index (χ2n) is 6.85. The minimum Gasteiger partial charge on any atom is -0.480 e. The van der Waals surface area contributed by atoms with Gasteiger partial charge in [0.25, 0.3) is 5.91 Å². The van der Waals surface area contributed by atoms with Gasteiger partial charge in [-0.25, -0.2) is 9.78 Å². The molecule has 4 N–H and O–H groups in total. The summed E-state index contributed by atoms with van der Waals surface area (Å²) >= 11 is 0. The summed E-state index contributed by atoms with van der Waals surface area (Å²) in [5.74, 6) is -1.85. The number of hydrogen-bond donors (Lipinski definition) is 3. The molecule has 0 radical (unpaired) electrons. The average Bonchev–Trinajstić information content (AvgIpc) is 3.17. The largest absolute Gasteiger partial charge is 0.480 e. The molecule has 0 aliphatic heterocycles. The maximum atomic E-state index is 12.8. The van der Waals surface area contributed by atoms with Crippen molar-refractivity contribution in [2.75, 3.05) is 5.73 Å². The molecule has 2 atom stereocenters. The fourth-order valence-corrected chi connectivity index (χ4v) is 2.88. The van der Waals surface area contributed by atoms with Crippen molar-refractivity contribution in [1.29, 1.82) is 0 Å². The number of nitrogens with one attached hydrogen (secondary N) is 1. The highest BCUT2D eigenvalue weighted by molar-refractivity contribution is 6.01. The summed E-state index contributed by atoms with van der Waals surface area (Å²) in [6.07, 6.45) is 4.16. The predicted molar refractivity (Wildman–Crippen MR) is 110 cm³/mol. The molecule has 0 aliphatic carbocycles. The van der Waals surface area contributed by atoms with E-state index in [9.17, 15) is 14.7 Å². The lowest BCUT2D eigenvalue weighted by molar-refractivity contribution is -0.143. The van der Waals surface area contributed by atoms with E-state index >= 15 is 0 Å². The van der Waals surface area contributed by atoms with Crippen molar-refractivity contribution in [3.8, 4) is 11.1 Å². The van der Waals surface area contributed by atoms with Crippen molar-refractivity contribution in [3.63, 3.8) is 0 Å². The SMILES string of the molecule is CC(OCc1ccccc1)[C@H](NC(=O)c1cc(-c2cnn(C)c2)cnc1N)C(=O)O. The van der Waals surface area contributed by atoms with Gasteiger partial charge in [0.05, 0.1) is 24.5 Å². The number of anilines is 1. The van der Waals surface area contributed by atoms with Crippen LogP contribution < -0.4 is 11.1 Å². The fraction of sp³-hybridized carbons (Fsp3) is 0.238. The van der Waals surface area contributed by atoms with Gasteiger partial charge in [-0.15, -0.1) is 0 Å². The number of amides is 1. The number of carboxylic acid groups (broad SMARTS) is 1. The van der Waals surface area contributed by atoms with Crippen LogP contribution in [0, 0.1) is 0 Å². The van der Waals surface area contributed by atoms with Crippen molar-refractivity contribution < 1.29 is 19.4 Å². The number of aryl methyl sites for hydroxylation is 1. The lowest BCUT2D eigenvalue weighted by atomic mass is 10.1. The van der Waals surface area contributed by atoms with E-state index in [1.165, 1.54) is 6.20 Å². The van der Waals surface area contributed by atoms with E-state index in [-0.39, 0.29) is 18.0 Å². The van der Waals surface area contributed by atoms with Crippen LogP contribution in [0.15, 0.2) is 55.0 Å². The maximum Gasteiger partial charge on any atom is 0.328 e. The molecule has 1 amide bonds. The highest BCUT2D eigenvalue weighted by atomic mass is 16.5. The molecule has 0 spiro atoms. The highest BCUT2D eigenvalue weighted by Gasteiger charge is 2.28. The Morgan fingerprint density at radius 3 is 2.60 bits per heavy atom. The Bertz CT molecular complexity index is 1030. The van der Waals surface area contributed by atoms with Crippen LogP contribution in [0.5, 0.6) is 0 Å². The fourth-order valence-electron chi connectivity index (χ4n) is 2.88. The summed E-state index contributed by atoms with van der Waals surface area (Å²) in [6, 6.07) is 9.65. The van der Waals surface area contributed by atoms with Crippen molar-refractivity contribution in [1.82, 2.24) is 20.1 Å². The molecule has 1 aromatic carbocycles. The monoisotopic (exact) mass is 409 g/mol. The molecule has 1 unspecified atom stereocenters. The number of nitrogens with zero attached hydrogens (tertiary/aromatic N) is 3. The Balaban J connectivity index is 1.74. The number of nitrogens with two attached hydrogens (primary N) is 1. The second-order valence-corrected chi connectivity index (χ2v) is 6.85. The van der Waals surface area contributed by atoms with Crippen LogP contribution in [0.1, 0.15) is 22.8 Å². The minimum absolute atomic E-state index is 0.00198. The van der Waals surface area contributed by atoms with Crippen LogP contribution >= 0.6 is 0 Å². The number of carboxylic acids is 1. The first kappa shape index (κ1) is 21.0. The molecule has 9 heteroatoms. The molecular formula is C21H23N5O4. The van der Waals surface area contributed by atoms with Crippen LogP contribution in [0.3, 0.4) is 0 Å². The quantitative estimate of drug-likeness (QED) is 0.517. The molecule has 30 heavy (non-hydrogen) atoms. The van der Waals surface area contributed by atoms with Gasteiger partial charge in [-0.1, -0.05) is 30.3 Å². The van der Waals surface area contributed by atoms with Gasteiger partial charge in [0.1, 0.15) is 5.82 Å². The highest BCUT2D eigenvalue weighted by Crippen LogP contribution is 2.21. The topological polar surface area (TPSA) is 132 Å². The first-order valence-corrected chi connectivity index (χ1v) is 9.29. The smallest absolute Gasteiger partial charge is 0.328 e. The lowest BCUT2D eigenvalue weighted by Crippen LogP contribution is -2.48. The number of aromatic nitrogens is 3. The first-order chi connectivity index (χ1) is 14.3. The first-order valence-electron chi connectivity index (χ1n) is 9.29. The Morgan fingerprint density at radius 2 is 1.97 bits per heavy atom. The third kappa shape index (κ3) is 5.00. The number of carbonyl (C=O) groups is 2. The van der Waals surface area contributed by atoms with Crippen LogP contribution in [-0.2, 0) is 23.2 Å². The van der Waals surface area contributed by atoms with Gasteiger partial charge in [0.2, 0.25) is 0 Å². The van der Waals surface area contributed by atoms with Gasteiger partial charge in [-0.05, 0) is 18.6 Å². The van der Waals surface area contributed by atoms with Crippen LogP contribution in [-0.4, -0.2) is 43.9 Å². The molecular weight excluding hydrogens is 386 g/mol. The molecule has 0 saturated carbocycles. The van der Waals surface area contributed by atoms with E-state index in [4.69, 9.17) is 10.5 Å². The number of carbonyl (C=O) groups excluding carboxylic acids is 1. The standard InChI is InChI=1S/C21H23N5O4/c1-13(30-12-14-6-4-3-5-7-14)18(21(28)29)25-20(27)17-8-15(9-23-19(17)22)16-10-24-26(2)11-16/h3-11,13,18H,12H2,1-2H3,(H2,22,23)(H,25,27)(H,28,29)/t13?,18-/m0/s1. The van der Waals surface area contributed by atoms with Crippen molar-refractivity contribution in [2.45, 2.75) is 25.7 Å². The number of benzene rings is 1. The van der Waals surface area contributed by atoms with E-state index in [1.54, 1.807) is 37.1 Å². The third-order valence-corrected chi connectivity index (χ3v) is 4.58. The molecule has 0 fully saturated rings. The summed E-state index contributed by atoms with van der Waals surface area (Å²) in [6.45, 7) is 1.82. The lowest BCUT2D eigenvalue weighted by Gasteiger charge is -2.22. The summed E-state index contributed by atoms with van der Waals surface area (Å²) < 4.78 is 7.28.